The maximum Gasteiger partial charge on any atom is 0.253 e. The van der Waals surface area contributed by atoms with E-state index in [2.05, 4.69) is 16.7 Å². The Kier molecular flexibility index (Phi) is 3.92. The molecule has 108 valence electrons. The van der Waals surface area contributed by atoms with Crippen molar-refractivity contribution in [3.63, 3.8) is 0 Å². The maximum atomic E-state index is 12.5. The third-order valence-corrected chi connectivity index (χ3v) is 4.35. The summed E-state index contributed by atoms with van der Waals surface area (Å²) in [6.45, 7) is 0.937. The number of hydrogen-bond donors (Lipinski definition) is 3. The molecule has 0 bridgehead atoms. The molecular weight excluding hydrogens is 252 g/mol. The van der Waals surface area contributed by atoms with Crippen LogP contribution in [-0.2, 0) is 6.42 Å². The van der Waals surface area contributed by atoms with E-state index in [0.717, 1.165) is 56.3 Å². The highest BCUT2D eigenvalue weighted by molar-refractivity contribution is 6.00. The minimum atomic E-state index is -0.186. The molecule has 1 amide bonds. The summed E-state index contributed by atoms with van der Waals surface area (Å²) >= 11 is 0. The van der Waals surface area contributed by atoms with Crippen molar-refractivity contribution in [3.8, 4) is 0 Å². The highest BCUT2D eigenvalue weighted by Crippen LogP contribution is 2.26. The summed E-state index contributed by atoms with van der Waals surface area (Å²) < 4.78 is 0. The van der Waals surface area contributed by atoms with Gasteiger partial charge in [-0.3, -0.25) is 4.79 Å². The monoisotopic (exact) mass is 274 g/mol. The van der Waals surface area contributed by atoms with Crippen LogP contribution in [0.1, 0.15) is 48.0 Å². The summed E-state index contributed by atoms with van der Waals surface area (Å²) in [4.78, 5) is 12.5. The zero-order valence-electron chi connectivity index (χ0n) is 11.7. The Bertz CT molecular complexity index is 493. The van der Waals surface area contributed by atoms with Crippen LogP contribution in [0.5, 0.6) is 0 Å². The molecule has 0 saturated heterocycles. The number of anilines is 1. The summed E-state index contributed by atoms with van der Waals surface area (Å²) in [6, 6.07) is 6.15. The molecule has 3 N–H and O–H groups in total. The molecule has 0 atom stereocenters. The summed E-state index contributed by atoms with van der Waals surface area (Å²) in [5.74, 6) is 0.0117. The van der Waals surface area contributed by atoms with Crippen LogP contribution in [0, 0.1) is 0 Å². The molecule has 3 rings (SSSR count). The molecule has 0 spiro atoms. The first-order valence-corrected chi connectivity index (χ1v) is 7.59. The summed E-state index contributed by atoms with van der Waals surface area (Å²) in [5, 5.41) is 16.0. The second-order valence-corrected chi connectivity index (χ2v) is 5.85. The van der Waals surface area contributed by atoms with E-state index >= 15 is 0 Å². The van der Waals surface area contributed by atoms with Crippen LogP contribution in [0.3, 0.4) is 0 Å². The van der Waals surface area contributed by atoms with E-state index in [9.17, 15) is 9.90 Å². The molecule has 1 fully saturated rings. The molecule has 1 aromatic carbocycles. The number of aryl methyl sites for hydroxylation is 1. The number of amides is 1. The fourth-order valence-electron chi connectivity index (χ4n) is 3.18. The van der Waals surface area contributed by atoms with Gasteiger partial charge in [-0.15, -0.1) is 0 Å². The van der Waals surface area contributed by atoms with Crippen LogP contribution in [-0.4, -0.2) is 29.7 Å². The van der Waals surface area contributed by atoms with E-state index < -0.39 is 0 Å². The van der Waals surface area contributed by atoms with E-state index in [0.29, 0.717) is 0 Å². The molecule has 2 aliphatic rings. The molecule has 1 saturated carbocycles. The normalized spacial score (nSPS) is 25.4. The van der Waals surface area contributed by atoms with Crippen LogP contribution in [0.4, 0.5) is 5.69 Å². The van der Waals surface area contributed by atoms with Crippen molar-refractivity contribution in [1.82, 2.24) is 5.32 Å². The predicted octanol–water partition coefficient (Wildman–Crippen LogP) is 2.08. The SMILES string of the molecule is O=C(NC1CCC(O)CC1)c1cccc2c1NCCC2. The Labute approximate surface area is 119 Å². The standard InChI is InChI=1S/C16H22N2O2/c19-13-8-6-12(7-9-13)18-16(20)14-5-1-3-11-4-2-10-17-15(11)14/h1,3,5,12-13,17,19H,2,4,6-10H2,(H,18,20). The van der Waals surface area contributed by atoms with Gasteiger partial charge in [0.2, 0.25) is 0 Å². The van der Waals surface area contributed by atoms with Gasteiger partial charge in [-0.25, -0.2) is 0 Å². The predicted molar refractivity (Wildman–Crippen MR) is 79.0 cm³/mol. The Morgan fingerprint density at radius 3 is 2.85 bits per heavy atom. The number of fused-ring (bicyclic) bond motifs is 1. The van der Waals surface area contributed by atoms with Crippen LogP contribution >= 0.6 is 0 Å². The molecular formula is C16H22N2O2. The highest BCUT2D eigenvalue weighted by atomic mass is 16.3. The number of aliphatic hydroxyl groups is 1. The molecule has 1 aliphatic carbocycles. The lowest BCUT2D eigenvalue weighted by Crippen LogP contribution is -2.39. The topological polar surface area (TPSA) is 61.4 Å². The number of carbonyl (C=O) groups is 1. The Morgan fingerprint density at radius 2 is 2.05 bits per heavy atom. The number of carbonyl (C=O) groups excluding carboxylic acids is 1. The molecule has 0 unspecified atom stereocenters. The number of nitrogens with one attached hydrogen (secondary N) is 2. The zero-order chi connectivity index (χ0) is 13.9. The van der Waals surface area contributed by atoms with Crippen molar-refractivity contribution < 1.29 is 9.90 Å². The Balaban J connectivity index is 1.71. The summed E-state index contributed by atoms with van der Waals surface area (Å²) in [7, 11) is 0. The van der Waals surface area contributed by atoms with Gasteiger partial charge in [-0.2, -0.15) is 0 Å². The largest absolute Gasteiger partial charge is 0.393 e. The second kappa shape index (κ2) is 5.83. The lowest BCUT2D eigenvalue weighted by molar-refractivity contribution is 0.0868. The van der Waals surface area contributed by atoms with Gasteiger partial charge < -0.3 is 15.7 Å². The Morgan fingerprint density at radius 1 is 1.25 bits per heavy atom. The minimum absolute atomic E-state index is 0.0117. The van der Waals surface area contributed by atoms with Gasteiger partial charge in [0.15, 0.2) is 0 Å². The van der Waals surface area contributed by atoms with Gasteiger partial charge >= 0.3 is 0 Å². The van der Waals surface area contributed by atoms with Gasteiger partial charge in [0.1, 0.15) is 0 Å². The number of aliphatic hydroxyl groups excluding tert-OH is 1. The molecule has 0 aromatic heterocycles. The first-order valence-electron chi connectivity index (χ1n) is 7.59. The third kappa shape index (κ3) is 2.80. The van der Waals surface area contributed by atoms with Crippen molar-refractivity contribution in [2.75, 3.05) is 11.9 Å². The van der Waals surface area contributed by atoms with E-state index in [1.165, 1.54) is 5.56 Å². The average Bonchev–Trinajstić information content (AvgIpc) is 2.49. The summed E-state index contributed by atoms with van der Waals surface area (Å²) in [5.41, 5.74) is 3.00. The third-order valence-electron chi connectivity index (χ3n) is 4.35. The number of rotatable bonds is 2. The summed E-state index contributed by atoms with van der Waals surface area (Å²) in [6.07, 6.45) is 5.29. The van der Waals surface area contributed by atoms with Crippen molar-refractivity contribution in [2.45, 2.75) is 50.7 Å². The van der Waals surface area contributed by atoms with E-state index in [4.69, 9.17) is 0 Å². The fraction of sp³-hybridized carbons (Fsp3) is 0.562. The maximum absolute atomic E-state index is 12.5. The van der Waals surface area contributed by atoms with Crippen molar-refractivity contribution in [2.24, 2.45) is 0 Å². The van der Waals surface area contributed by atoms with Gasteiger partial charge in [-0.1, -0.05) is 12.1 Å². The Hall–Kier alpha value is -1.55. The lowest BCUT2D eigenvalue weighted by Gasteiger charge is -2.27. The van der Waals surface area contributed by atoms with Gasteiger partial charge in [0, 0.05) is 12.6 Å². The molecule has 1 aromatic rings. The fourth-order valence-corrected chi connectivity index (χ4v) is 3.18. The molecule has 1 aliphatic heterocycles. The van der Waals surface area contributed by atoms with Crippen LogP contribution < -0.4 is 10.6 Å². The van der Waals surface area contributed by atoms with Crippen molar-refractivity contribution >= 4 is 11.6 Å². The van der Waals surface area contributed by atoms with Crippen LogP contribution in [0.2, 0.25) is 0 Å². The number of hydrogen-bond acceptors (Lipinski definition) is 3. The quantitative estimate of drug-likeness (QED) is 0.774. The van der Waals surface area contributed by atoms with Gasteiger partial charge in [-0.05, 0) is 50.2 Å². The lowest BCUT2D eigenvalue weighted by atomic mass is 9.92. The zero-order valence-corrected chi connectivity index (χ0v) is 11.7. The van der Waals surface area contributed by atoms with Gasteiger partial charge in [0.25, 0.3) is 5.91 Å². The second-order valence-electron chi connectivity index (χ2n) is 5.85. The highest BCUT2D eigenvalue weighted by Gasteiger charge is 2.23. The van der Waals surface area contributed by atoms with Crippen molar-refractivity contribution in [3.05, 3.63) is 29.3 Å². The molecule has 0 radical (unpaired) electrons. The molecule has 1 heterocycles. The first-order chi connectivity index (χ1) is 9.74. The van der Waals surface area contributed by atoms with Crippen molar-refractivity contribution in [1.29, 1.82) is 0 Å². The van der Waals surface area contributed by atoms with E-state index in [1.807, 2.05) is 12.1 Å². The number of benzene rings is 1. The average molecular weight is 274 g/mol. The van der Waals surface area contributed by atoms with Crippen LogP contribution in [0.25, 0.3) is 0 Å². The molecule has 4 nitrogen and oxygen atoms in total. The number of para-hydroxylation sites is 1. The van der Waals surface area contributed by atoms with E-state index in [1.54, 1.807) is 0 Å². The van der Waals surface area contributed by atoms with Gasteiger partial charge in [0.05, 0.1) is 17.4 Å². The minimum Gasteiger partial charge on any atom is -0.393 e. The molecule has 4 heteroatoms. The van der Waals surface area contributed by atoms with E-state index in [-0.39, 0.29) is 18.1 Å². The van der Waals surface area contributed by atoms with Crippen LogP contribution in [0.15, 0.2) is 18.2 Å². The molecule has 20 heavy (non-hydrogen) atoms. The first kappa shape index (κ1) is 13.4. The smallest absolute Gasteiger partial charge is 0.253 e.